The SMILES string of the molecule is NC1CCN(C2CCN(S(=O)(=O)NCC(F)(F)F)C2)CC1. The van der Waals surface area contributed by atoms with Gasteiger partial charge in [0.2, 0.25) is 0 Å². The number of hydrogen-bond donors (Lipinski definition) is 2. The molecule has 6 nitrogen and oxygen atoms in total. The molecule has 2 aliphatic rings. The normalized spacial score (nSPS) is 27.3. The minimum atomic E-state index is -4.55. The zero-order chi connectivity index (χ0) is 15.7. The predicted octanol–water partition coefficient (Wildman–Crippen LogP) is -0.119. The van der Waals surface area contributed by atoms with Gasteiger partial charge in [-0.2, -0.15) is 30.6 Å². The molecule has 0 aromatic carbocycles. The van der Waals surface area contributed by atoms with E-state index < -0.39 is 22.9 Å². The molecule has 0 aliphatic carbocycles. The van der Waals surface area contributed by atoms with E-state index in [1.54, 1.807) is 4.72 Å². The third-order valence-corrected chi connectivity index (χ3v) is 5.53. The highest BCUT2D eigenvalue weighted by molar-refractivity contribution is 7.87. The van der Waals surface area contributed by atoms with Gasteiger partial charge in [-0.05, 0) is 32.4 Å². The molecule has 2 saturated heterocycles. The minimum absolute atomic E-state index is 0.0694. The zero-order valence-corrected chi connectivity index (χ0v) is 12.5. The van der Waals surface area contributed by atoms with Gasteiger partial charge < -0.3 is 5.73 Å². The summed E-state index contributed by atoms with van der Waals surface area (Å²) >= 11 is 0. The maximum absolute atomic E-state index is 12.1. The van der Waals surface area contributed by atoms with Crippen molar-refractivity contribution in [1.82, 2.24) is 13.9 Å². The van der Waals surface area contributed by atoms with Crippen LogP contribution in [0.4, 0.5) is 13.2 Å². The summed E-state index contributed by atoms with van der Waals surface area (Å²) in [4.78, 5) is 2.18. The van der Waals surface area contributed by atoms with Crippen LogP contribution in [0.2, 0.25) is 0 Å². The Hall–Kier alpha value is -0.420. The Balaban J connectivity index is 1.86. The Morgan fingerprint density at radius 3 is 2.33 bits per heavy atom. The largest absolute Gasteiger partial charge is 0.402 e. The van der Waals surface area contributed by atoms with E-state index in [-0.39, 0.29) is 25.2 Å². The molecule has 3 N–H and O–H groups in total. The van der Waals surface area contributed by atoms with Gasteiger partial charge in [0.25, 0.3) is 10.2 Å². The zero-order valence-electron chi connectivity index (χ0n) is 11.6. The van der Waals surface area contributed by atoms with Crippen LogP contribution in [0.3, 0.4) is 0 Å². The predicted molar refractivity (Wildman–Crippen MR) is 71.7 cm³/mol. The third kappa shape index (κ3) is 4.78. The first-order chi connectivity index (χ1) is 9.67. The van der Waals surface area contributed by atoms with Gasteiger partial charge in [-0.1, -0.05) is 0 Å². The van der Waals surface area contributed by atoms with Gasteiger partial charge in [0.1, 0.15) is 6.54 Å². The first-order valence-corrected chi connectivity index (χ1v) is 8.42. The average Bonchev–Trinajstić information content (AvgIpc) is 2.87. The van der Waals surface area contributed by atoms with Crippen LogP contribution in [0.15, 0.2) is 0 Å². The number of piperidine rings is 1. The van der Waals surface area contributed by atoms with Crippen molar-refractivity contribution >= 4 is 10.2 Å². The van der Waals surface area contributed by atoms with Gasteiger partial charge in [0.05, 0.1) is 0 Å². The molecule has 0 aromatic heterocycles. The fraction of sp³-hybridized carbons (Fsp3) is 1.00. The first kappa shape index (κ1) is 16.9. The van der Waals surface area contributed by atoms with Crippen molar-refractivity contribution in [3.05, 3.63) is 0 Å². The van der Waals surface area contributed by atoms with Crippen LogP contribution in [-0.4, -0.2) is 68.6 Å². The van der Waals surface area contributed by atoms with Crippen LogP contribution in [0, 0.1) is 0 Å². The second-order valence-corrected chi connectivity index (χ2v) is 7.37. The molecule has 0 spiro atoms. The molecule has 21 heavy (non-hydrogen) atoms. The highest BCUT2D eigenvalue weighted by Crippen LogP contribution is 2.22. The summed E-state index contributed by atoms with van der Waals surface area (Å²) in [5, 5.41) is 0. The van der Waals surface area contributed by atoms with Gasteiger partial charge in [0.15, 0.2) is 0 Å². The molecule has 0 bridgehead atoms. The Morgan fingerprint density at radius 1 is 1.14 bits per heavy atom. The van der Waals surface area contributed by atoms with Crippen molar-refractivity contribution in [1.29, 1.82) is 0 Å². The number of nitrogens with zero attached hydrogens (tertiary/aromatic N) is 2. The standard InChI is InChI=1S/C11H21F3N4O2S/c12-11(13,14)8-16-21(19,20)18-6-3-10(7-18)17-4-1-9(15)2-5-17/h9-10,16H,1-8,15H2. The van der Waals surface area contributed by atoms with Gasteiger partial charge in [0, 0.05) is 25.2 Å². The third-order valence-electron chi connectivity index (χ3n) is 4.01. The maximum Gasteiger partial charge on any atom is 0.402 e. The topological polar surface area (TPSA) is 78.7 Å². The number of nitrogens with two attached hydrogens (primary N) is 1. The highest BCUT2D eigenvalue weighted by atomic mass is 32.2. The Bertz CT molecular complexity index is 449. The summed E-state index contributed by atoms with van der Waals surface area (Å²) in [5.41, 5.74) is 5.82. The molecule has 124 valence electrons. The van der Waals surface area contributed by atoms with Gasteiger partial charge in [-0.15, -0.1) is 0 Å². The van der Waals surface area contributed by atoms with E-state index in [9.17, 15) is 21.6 Å². The fourth-order valence-electron chi connectivity index (χ4n) is 2.78. The van der Waals surface area contributed by atoms with Crippen molar-refractivity contribution in [3.8, 4) is 0 Å². The molecule has 1 atom stereocenters. The van der Waals surface area contributed by atoms with Crippen LogP contribution in [0.1, 0.15) is 19.3 Å². The average molecular weight is 330 g/mol. The van der Waals surface area contributed by atoms with Crippen molar-refractivity contribution in [3.63, 3.8) is 0 Å². The summed E-state index contributed by atoms with van der Waals surface area (Å²) in [7, 11) is -4.06. The molecule has 0 aromatic rings. The Labute approximate surface area is 122 Å². The number of alkyl halides is 3. The maximum atomic E-state index is 12.1. The molecule has 2 heterocycles. The van der Waals surface area contributed by atoms with E-state index in [2.05, 4.69) is 4.90 Å². The smallest absolute Gasteiger partial charge is 0.328 e. The fourth-order valence-corrected chi connectivity index (χ4v) is 4.02. The summed E-state index contributed by atoms with van der Waals surface area (Å²) in [5.74, 6) is 0. The van der Waals surface area contributed by atoms with Crippen molar-refractivity contribution < 1.29 is 21.6 Å². The van der Waals surface area contributed by atoms with Crippen molar-refractivity contribution in [2.45, 2.75) is 37.5 Å². The number of likely N-dealkylation sites (tertiary alicyclic amines) is 1. The molecule has 2 rings (SSSR count). The van der Waals surface area contributed by atoms with Gasteiger partial charge >= 0.3 is 6.18 Å². The molecular weight excluding hydrogens is 309 g/mol. The van der Waals surface area contributed by atoms with E-state index in [4.69, 9.17) is 5.73 Å². The molecule has 2 fully saturated rings. The van der Waals surface area contributed by atoms with Crippen LogP contribution < -0.4 is 10.5 Å². The molecule has 0 radical (unpaired) electrons. The lowest BCUT2D eigenvalue weighted by Gasteiger charge is -2.34. The lowest BCUT2D eigenvalue weighted by Crippen LogP contribution is -2.48. The van der Waals surface area contributed by atoms with Crippen LogP contribution in [0.5, 0.6) is 0 Å². The molecule has 1 unspecified atom stereocenters. The second kappa shape index (κ2) is 6.37. The highest BCUT2D eigenvalue weighted by Gasteiger charge is 2.37. The van der Waals surface area contributed by atoms with Gasteiger partial charge in [-0.25, -0.2) is 0 Å². The minimum Gasteiger partial charge on any atom is -0.328 e. The Morgan fingerprint density at radius 2 is 1.76 bits per heavy atom. The molecule has 2 aliphatic heterocycles. The molecule has 0 saturated carbocycles. The lowest BCUT2D eigenvalue weighted by molar-refractivity contribution is -0.121. The molecular formula is C11H21F3N4O2S. The summed E-state index contributed by atoms with van der Waals surface area (Å²) in [6.45, 7) is 0.587. The molecule has 0 amide bonds. The summed E-state index contributed by atoms with van der Waals surface area (Å²) in [6, 6.07) is 0.260. The quantitative estimate of drug-likeness (QED) is 0.753. The number of rotatable bonds is 4. The van der Waals surface area contributed by atoms with Crippen LogP contribution >= 0.6 is 0 Å². The van der Waals surface area contributed by atoms with E-state index in [0.29, 0.717) is 6.42 Å². The summed E-state index contributed by atoms with van der Waals surface area (Å²) < 4.78 is 62.7. The van der Waals surface area contributed by atoms with E-state index >= 15 is 0 Å². The number of hydrogen-bond acceptors (Lipinski definition) is 4. The second-order valence-electron chi connectivity index (χ2n) is 5.62. The van der Waals surface area contributed by atoms with Crippen molar-refractivity contribution in [2.75, 3.05) is 32.7 Å². The number of nitrogens with one attached hydrogen (secondary N) is 1. The van der Waals surface area contributed by atoms with Crippen LogP contribution in [0.25, 0.3) is 0 Å². The lowest BCUT2D eigenvalue weighted by atomic mass is 10.0. The van der Waals surface area contributed by atoms with E-state index in [1.165, 1.54) is 0 Å². The number of halogens is 3. The first-order valence-electron chi connectivity index (χ1n) is 6.98. The van der Waals surface area contributed by atoms with Gasteiger partial charge in [-0.3, -0.25) is 4.90 Å². The monoisotopic (exact) mass is 330 g/mol. The Kier molecular flexibility index (Phi) is 5.14. The summed E-state index contributed by atoms with van der Waals surface area (Å²) in [6.07, 6.45) is -2.16. The van der Waals surface area contributed by atoms with E-state index in [0.717, 1.165) is 30.2 Å². The molecule has 10 heteroatoms. The van der Waals surface area contributed by atoms with Crippen LogP contribution in [-0.2, 0) is 10.2 Å². The van der Waals surface area contributed by atoms with Crippen molar-refractivity contribution in [2.24, 2.45) is 5.73 Å². The van der Waals surface area contributed by atoms with E-state index in [1.807, 2.05) is 0 Å².